The average Bonchev–Trinajstić information content (AvgIpc) is 3.20. The quantitative estimate of drug-likeness (QED) is 0.683. The standard InChI is InChI=1S/C24H33N3O5/c1-16-13-27(17(2)15-28)23(30)20-11-19(7-10-24(31)8-5-6-9-24)12-25-22(20)32-21(16)14-26(4)18(3)29/h11-12,16-17,21,28,31H,5-6,8-9,13-15H2,1-4H3/t16-,17+,21-/m0/s1. The molecule has 0 saturated heterocycles. The normalized spacial score (nSPS) is 23.2. The first-order valence-corrected chi connectivity index (χ1v) is 11.2. The summed E-state index contributed by atoms with van der Waals surface area (Å²) in [5.41, 5.74) is -0.207. The molecule has 1 aromatic heterocycles. The number of fused-ring (bicyclic) bond motifs is 1. The van der Waals surface area contributed by atoms with Crippen LogP contribution in [0.3, 0.4) is 0 Å². The van der Waals surface area contributed by atoms with Crippen molar-refractivity contribution in [1.82, 2.24) is 14.8 Å². The molecule has 2 N–H and O–H groups in total. The van der Waals surface area contributed by atoms with Crippen molar-refractivity contribution >= 4 is 11.8 Å². The molecule has 2 aliphatic rings. The van der Waals surface area contributed by atoms with Crippen molar-refractivity contribution in [1.29, 1.82) is 0 Å². The molecule has 1 aromatic rings. The Morgan fingerprint density at radius 1 is 1.44 bits per heavy atom. The zero-order valence-electron chi connectivity index (χ0n) is 19.3. The predicted octanol–water partition coefficient (Wildman–Crippen LogP) is 1.44. The Morgan fingerprint density at radius 2 is 2.12 bits per heavy atom. The maximum absolute atomic E-state index is 13.4. The van der Waals surface area contributed by atoms with Crippen LogP contribution in [0.5, 0.6) is 5.88 Å². The molecule has 0 spiro atoms. The Hall–Kier alpha value is -2.63. The van der Waals surface area contributed by atoms with Gasteiger partial charge in [0.15, 0.2) is 0 Å². The molecule has 3 atom stereocenters. The van der Waals surface area contributed by atoms with Gasteiger partial charge in [0.2, 0.25) is 11.8 Å². The van der Waals surface area contributed by atoms with Gasteiger partial charge in [0.25, 0.3) is 5.91 Å². The van der Waals surface area contributed by atoms with Crippen LogP contribution < -0.4 is 4.74 Å². The maximum Gasteiger partial charge on any atom is 0.259 e. The first-order valence-electron chi connectivity index (χ1n) is 11.2. The van der Waals surface area contributed by atoms with Crippen LogP contribution in [-0.4, -0.2) is 81.3 Å². The molecular formula is C24H33N3O5. The number of nitrogens with zero attached hydrogens (tertiary/aromatic N) is 3. The lowest BCUT2D eigenvalue weighted by atomic mass is 9.99. The Morgan fingerprint density at radius 3 is 2.75 bits per heavy atom. The molecule has 0 bridgehead atoms. The molecule has 1 aliphatic carbocycles. The Bertz CT molecular complexity index is 916. The Balaban J connectivity index is 1.98. The van der Waals surface area contributed by atoms with E-state index in [-0.39, 0.29) is 41.9 Å². The van der Waals surface area contributed by atoms with Gasteiger partial charge in [0, 0.05) is 38.2 Å². The van der Waals surface area contributed by atoms with Crippen LogP contribution >= 0.6 is 0 Å². The van der Waals surface area contributed by atoms with Gasteiger partial charge in [0.05, 0.1) is 19.2 Å². The van der Waals surface area contributed by atoms with Gasteiger partial charge in [-0.15, -0.1) is 0 Å². The molecule has 0 radical (unpaired) electrons. The summed E-state index contributed by atoms with van der Waals surface area (Å²) in [6.45, 7) is 5.78. The molecule has 32 heavy (non-hydrogen) atoms. The van der Waals surface area contributed by atoms with E-state index in [1.807, 2.05) is 6.92 Å². The number of aliphatic hydroxyl groups excluding tert-OH is 1. The summed E-state index contributed by atoms with van der Waals surface area (Å²) in [6, 6.07) is 1.24. The largest absolute Gasteiger partial charge is 0.472 e. The molecule has 3 rings (SSSR count). The minimum absolute atomic E-state index is 0.0804. The number of hydrogen-bond donors (Lipinski definition) is 2. The van der Waals surface area contributed by atoms with Crippen LogP contribution in [0.2, 0.25) is 0 Å². The number of carbonyl (C=O) groups is 2. The molecule has 0 aromatic carbocycles. The average molecular weight is 444 g/mol. The predicted molar refractivity (Wildman–Crippen MR) is 119 cm³/mol. The van der Waals surface area contributed by atoms with Crippen molar-refractivity contribution in [3.63, 3.8) is 0 Å². The minimum atomic E-state index is -0.986. The van der Waals surface area contributed by atoms with Crippen LogP contribution in [0.4, 0.5) is 0 Å². The van der Waals surface area contributed by atoms with Gasteiger partial charge in [-0.3, -0.25) is 9.59 Å². The van der Waals surface area contributed by atoms with Crippen molar-refractivity contribution in [3.05, 3.63) is 23.4 Å². The molecule has 174 valence electrons. The lowest BCUT2D eigenvalue weighted by Gasteiger charge is -2.37. The summed E-state index contributed by atoms with van der Waals surface area (Å²) in [5.74, 6) is 5.62. The third-order valence-electron chi connectivity index (χ3n) is 6.38. The van der Waals surface area contributed by atoms with E-state index < -0.39 is 11.6 Å². The van der Waals surface area contributed by atoms with E-state index in [2.05, 4.69) is 16.8 Å². The van der Waals surface area contributed by atoms with E-state index in [0.717, 1.165) is 12.8 Å². The van der Waals surface area contributed by atoms with Gasteiger partial charge in [-0.2, -0.15) is 0 Å². The molecule has 1 aliphatic heterocycles. The number of aromatic nitrogens is 1. The van der Waals surface area contributed by atoms with Crippen LogP contribution in [0.1, 0.15) is 62.4 Å². The van der Waals surface area contributed by atoms with Gasteiger partial charge < -0.3 is 24.7 Å². The molecule has 2 amide bonds. The van der Waals surface area contributed by atoms with Crippen molar-refractivity contribution in [2.45, 2.75) is 64.2 Å². The zero-order chi connectivity index (χ0) is 23.5. The number of aliphatic hydroxyl groups is 2. The van der Waals surface area contributed by atoms with E-state index in [1.54, 1.807) is 29.8 Å². The number of ether oxygens (including phenoxy) is 1. The minimum Gasteiger partial charge on any atom is -0.472 e. The van der Waals surface area contributed by atoms with Crippen molar-refractivity contribution in [2.75, 3.05) is 26.7 Å². The smallest absolute Gasteiger partial charge is 0.259 e. The number of rotatable bonds is 4. The van der Waals surface area contributed by atoms with Gasteiger partial charge in [0.1, 0.15) is 17.3 Å². The summed E-state index contributed by atoms with van der Waals surface area (Å²) < 4.78 is 6.14. The van der Waals surface area contributed by atoms with Crippen molar-refractivity contribution in [2.24, 2.45) is 5.92 Å². The van der Waals surface area contributed by atoms with E-state index in [4.69, 9.17) is 4.74 Å². The van der Waals surface area contributed by atoms with Crippen LogP contribution in [0, 0.1) is 17.8 Å². The highest BCUT2D eigenvalue weighted by Crippen LogP contribution is 2.30. The van der Waals surface area contributed by atoms with E-state index in [9.17, 15) is 19.8 Å². The lowest BCUT2D eigenvalue weighted by Crippen LogP contribution is -2.50. The highest BCUT2D eigenvalue weighted by molar-refractivity contribution is 5.97. The van der Waals surface area contributed by atoms with Crippen molar-refractivity contribution < 1.29 is 24.5 Å². The van der Waals surface area contributed by atoms with Gasteiger partial charge in [-0.25, -0.2) is 4.98 Å². The molecule has 1 saturated carbocycles. The van der Waals surface area contributed by atoms with Gasteiger partial charge >= 0.3 is 0 Å². The van der Waals surface area contributed by atoms with Crippen LogP contribution in [0.25, 0.3) is 0 Å². The first kappa shape index (κ1) is 24.0. The monoisotopic (exact) mass is 443 g/mol. The summed E-state index contributed by atoms with van der Waals surface area (Å²) >= 11 is 0. The summed E-state index contributed by atoms with van der Waals surface area (Å²) in [5, 5.41) is 20.2. The Labute approximate surface area is 189 Å². The highest BCUT2D eigenvalue weighted by Gasteiger charge is 2.34. The number of pyridine rings is 1. The summed E-state index contributed by atoms with van der Waals surface area (Å²) in [6.07, 6.45) is 4.34. The van der Waals surface area contributed by atoms with Gasteiger partial charge in [-0.1, -0.05) is 18.8 Å². The lowest BCUT2D eigenvalue weighted by molar-refractivity contribution is -0.129. The number of likely N-dealkylation sites (N-methyl/N-ethyl adjacent to an activating group) is 1. The fraction of sp³-hybridized carbons (Fsp3) is 0.625. The molecule has 1 fully saturated rings. The first-order chi connectivity index (χ1) is 15.1. The van der Waals surface area contributed by atoms with E-state index >= 15 is 0 Å². The Kier molecular flexibility index (Phi) is 7.42. The second-order valence-corrected chi connectivity index (χ2v) is 9.09. The number of amides is 2. The second-order valence-electron chi connectivity index (χ2n) is 9.09. The van der Waals surface area contributed by atoms with Crippen LogP contribution in [-0.2, 0) is 4.79 Å². The summed E-state index contributed by atoms with van der Waals surface area (Å²) in [7, 11) is 1.71. The van der Waals surface area contributed by atoms with Gasteiger partial charge in [-0.05, 0) is 38.7 Å². The zero-order valence-corrected chi connectivity index (χ0v) is 19.3. The highest BCUT2D eigenvalue weighted by atomic mass is 16.5. The molecule has 2 heterocycles. The number of hydrogen-bond acceptors (Lipinski definition) is 6. The van der Waals surface area contributed by atoms with Crippen molar-refractivity contribution in [3.8, 4) is 17.7 Å². The summed E-state index contributed by atoms with van der Waals surface area (Å²) in [4.78, 5) is 32.7. The fourth-order valence-electron chi connectivity index (χ4n) is 4.06. The second kappa shape index (κ2) is 9.88. The molecule has 0 unspecified atom stereocenters. The van der Waals surface area contributed by atoms with E-state index in [1.165, 1.54) is 13.1 Å². The number of carbonyl (C=O) groups excluding carboxylic acids is 2. The van der Waals surface area contributed by atoms with E-state index in [0.29, 0.717) is 31.5 Å². The third-order valence-corrected chi connectivity index (χ3v) is 6.38. The maximum atomic E-state index is 13.4. The SMILES string of the molecule is CC(=O)N(C)C[C@@H]1Oc2ncc(C#CC3(O)CCCC3)cc2C(=O)N([C@H](C)CO)C[C@@H]1C. The molecular weight excluding hydrogens is 410 g/mol. The van der Waals surface area contributed by atoms with Crippen LogP contribution in [0.15, 0.2) is 12.3 Å². The topological polar surface area (TPSA) is 103 Å². The molecule has 8 nitrogen and oxygen atoms in total. The third kappa shape index (κ3) is 5.40. The fourth-order valence-corrected chi connectivity index (χ4v) is 4.06. The molecule has 8 heteroatoms.